The molecule has 35 heavy (non-hydrogen) atoms. The smallest absolute Gasteiger partial charge is 0.225 e. The summed E-state index contributed by atoms with van der Waals surface area (Å²) in [6.07, 6.45) is 1.78. The highest BCUT2D eigenvalue weighted by atomic mass is 16.5. The summed E-state index contributed by atoms with van der Waals surface area (Å²) in [6.45, 7) is 5.76. The Morgan fingerprint density at radius 1 is 0.743 bits per heavy atom. The molecule has 178 valence electrons. The molecule has 1 heterocycles. The molecule has 0 amide bonds. The number of rotatable bonds is 12. The molecule has 5 nitrogen and oxygen atoms in total. The zero-order chi connectivity index (χ0) is 24.3. The molecule has 3 aromatic carbocycles. The normalized spacial score (nSPS) is 10.5. The topological polar surface area (TPSA) is 49.8 Å². The van der Waals surface area contributed by atoms with E-state index in [1.807, 2.05) is 91.0 Å². The molecule has 0 saturated carbocycles. The van der Waals surface area contributed by atoms with E-state index in [4.69, 9.17) is 23.9 Å². The Balaban J connectivity index is 1.60. The number of methoxy groups -OCH3 is 1. The first kappa shape index (κ1) is 24.0. The molecule has 0 saturated heterocycles. The van der Waals surface area contributed by atoms with Crippen molar-refractivity contribution in [3.05, 3.63) is 114 Å². The number of pyridine rings is 1. The number of hydrogen-bond donors (Lipinski definition) is 0. The minimum atomic E-state index is 0.398. The summed E-state index contributed by atoms with van der Waals surface area (Å²) in [5.74, 6) is 1.76. The Morgan fingerprint density at radius 3 is 2.09 bits per heavy atom. The van der Waals surface area contributed by atoms with Gasteiger partial charge in [0.25, 0.3) is 0 Å². The van der Waals surface area contributed by atoms with Crippen molar-refractivity contribution in [2.75, 3.05) is 20.3 Å². The minimum Gasteiger partial charge on any atom is -0.491 e. The molecule has 5 heteroatoms. The molecule has 0 spiro atoms. The third-order valence-electron chi connectivity index (χ3n) is 5.37. The largest absolute Gasteiger partial charge is 0.491 e. The van der Waals surface area contributed by atoms with E-state index >= 15 is 0 Å². The van der Waals surface area contributed by atoms with Gasteiger partial charge in [-0.2, -0.15) is 4.98 Å². The predicted molar refractivity (Wildman–Crippen MR) is 139 cm³/mol. The van der Waals surface area contributed by atoms with E-state index in [-0.39, 0.29) is 0 Å². The number of ether oxygens (including phenoxy) is 4. The van der Waals surface area contributed by atoms with Gasteiger partial charge in [0.15, 0.2) is 0 Å². The maximum absolute atomic E-state index is 6.19. The zero-order valence-corrected chi connectivity index (χ0v) is 19.9. The molecule has 4 aromatic rings. The average molecular weight is 468 g/mol. The van der Waals surface area contributed by atoms with Gasteiger partial charge in [-0.15, -0.1) is 0 Å². The van der Waals surface area contributed by atoms with Gasteiger partial charge >= 0.3 is 0 Å². The number of nitrogens with zero attached hydrogens (tertiary/aromatic N) is 1. The van der Waals surface area contributed by atoms with Gasteiger partial charge in [-0.25, -0.2) is 0 Å². The third-order valence-corrected chi connectivity index (χ3v) is 5.37. The van der Waals surface area contributed by atoms with Crippen LogP contribution >= 0.6 is 0 Å². The van der Waals surface area contributed by atoms with E-state index in [0.29, 0.717) is 38.2 Å². The summed E-state index contributed by atoms with van der Waals surface area (Å²) in [4.78, 5) is 4.70. The lowest BCUT2D eigenvalue weighted by atomic mass is 10.0. The van der Waals surface area contributed by atoms with Crippen molar-refractivity contribution in [1.29, 1.82) is 0 Å². The van der Waals surface area contributed by atoms with Crippen LogP contribution in [0.5, 0.6) is 17.5 Å². The fraction of sp³-hybridized carbons (Fsp3) is 0.167. The standard InChI is InChI=1S/C30H29NO4/c1-3-25-20-26(14-16-28(25)33-19-18-32-2)27-15-17-29(34-21-23-10-6-4-7-11-23)31-30(27)35-22-24-12-8-5-9-13-24/h3-17,20H,1,18-19,21-22H2,2H3. The fourth-order valence-corrected chi connectivity index (χ4v) is 3.53. The molecule has 0 aliphatic carbocycles. The van der Waals surface area contributed by atoms with E-state index in [1.165, 1.54) is 0 Å². The van der Waals surface area contributed by atoms with Crippen LogP contribution in [0, 0.1) is 0 Å². The first-order valence-electron chi connectivity index (χ1n) is 11.5. The van der Waals surface area contributed by atoms with Crippen LogP contribution in [0.1, 0.15) is 16.7 Å². The molecule has 0 bridgehead atoms. The fourth-order valence-electron chi connectivity index (χ4n) is 3.53. The Kier molecular flexibility index (Phi) is 8.52. The van der Waals surface area contributed by atoms with Crippen molar-refractivity contribution in [2.24, 2.45) is 0 Å². The summed E-state index contributed by atoms with van der Waals surface area (Å²) in [5, 5.41) is 0. The van der Waals surface area contributed by atoms with Gasteiger partial charge < -0.3 is 18.9 Å². The number of hydrogen-bond acceptors (Lipinski definition) is 5. The molecule has 0 N–H and O–H groups in total. The van der Waals surface area contributed by atoms with Gasteiger partial charge in [-0.05, 0) is 34.9 Å². The molecule has 0 atom stereocenters. The highest BCUT2D eigenvalue weighted by molar-refractivity contribution is 5.73. The minimum absolute atomic E-state index is 0.398. The van der Waals surface area contributed by atoms with E-state index in [0.717, 1.165) is 33.6 Å². The first-order valence-corrected chi connectivity index (χ1v) is 11.5. The lowest BCUT2D eigenvalue weighted by Gasteiger charge is -2.15. The van der Waals surface area contributed by atoms with E-state index < -0.39 is 0 Å². The van der Waals surface area contributed by atoms with E-state index in [2.05, 4.69) is 6.58 Å². The van der Waals surface area contributed by atoms with Crippen molar-refractivity contribution in [1.82, 2.24) is 4.98 Å². The molecule has 0 aliphatic rings. The van der Waals surface area contributed by atoms with Gasteiger partial charge in [0, 0.05) is 24.3 Å². The molecular formula is C30H29NO4. The SMILES string of the molecule is C=Cc1cc(-c2ccc(OCc3ccccc3)nc2OCc2ccccc2)ccc1OCCOC. The lowest BCUT2D eigenvalue weighted by molar-refractivity contribution is 0.146. The monoisotopic (exact) mass is 467 g/mol. The van der Waals surface area contributed by atoms with Crippen LogP contribution in [-0.4, -0.2) is 25.3 Å². The predicted octanol–water partition coefficient (Wildman–Crippen LogP) is 6.57. The van der Waals surface area contributed by atoms with Crippen molar-refractivity contribution in [3.63, 3.8) is 0 Å². The number of benzene rings is 3. The number of aromatic nitrogens is 1. The van der Waals surface area contributed by atoms with Crippen LogP contribution in [0.3, 0.4) is 0 Å². The van der Waals surface area contributed by atoms with Crippen LogP contribution in [0.4, 0.5) is 0 Å². The lowest BCUT2D eigenvalue weighted by Crippen LogP contribution is -2.05. The summed E-state index contributed by atoms with van der Waals surface area (Å²) < 4.78 is 23.1. The first-order chi connectivity index (χ1) is 17.3. The van der Waals surface area contributed by atoms with Gasteiger partial charge in [0.1, 0.15) is 25.6 Å². The van der Waals surface area contributed by atoms with Crippen LogP contribution in [0.15, 0.2) is 97.6 Å². The third kappa shape index (κ3) is 6.71. The zero-order valence-electron chi connectivity index (χ0n) is 19.9. The highest BCUT2D eigenvalue weighted by Gasteiger charge is 2.13. The molecule has 4 rings (SSSR count). The van der Waals surface area contributed by atoms with Crippen molar-refractivity contribution in [2.45, 2.75) is 13.2 Å². The van der Waals surface area contributed by atoms with Gasteiger partial charge in [0.2, 0.25) is 11.8 Å². The summed E-state index contributed by atoms with van der Waals surface area (Å²) in [7, 11) is 1.65. The van der Waals surface area contributed by atoms with Gasteiger partial charge in [-0.1, -0.05) is 79.4 Å². The maximum Gasteiger partial charge on any atom is 0.225 e. The van der Waals surface area contributed by atoms with E-state index in [1.54, 1.807) is 13.2 Å². The van der Waals surface area contributed by atoms with Crippen LogP contribution in [0.25, 0.3) is 17.2 Å². The molecule has 1 aromatic heterocycles. The van der Waals surface area contributed by atoms with Gasteiger partial charge in [0.05, 0.1) is 6.61 Å². The Bertz CT molecular complexity index is 1230. The molecule has 0 aliphatic heterocycles. The second-order valence-electron chi connectivity index (χ2n) is 7.85. The second kappa shape index (κ2) is 12.4. The quantitative estimate of drug-likeness (QED) is 0.220. The summed E-state index contributed by atoms with van der Waals surface area (Å²) in [5.41, 5.74) is 4.83. The molecule has 0 radical (unpaired) electrons. The van der Waals surface area contributed by atoms with Crippen LogP contribution in [0.2, 0.25) is 0 Å². The van der Waals surface area contributed by atoms with E-state index in [9.17, 15) is 0 Å². The Morgan fingerprint density at radius 2 is 1.43 bits per heavy atom. The van der Waals surface area contributed by atoms with Gasteiger partial charge in [-0.3, -0.25) is 0 Å². The molecular weight excluding hydrogens is 438 g/mol. The molecule has 0 unspecified atom stereocenters. The second-order valence-corrected chi connectivity index (χ2v) is 7.85. The average Bonchev–Trinajstić information content (AvgIpc) is 2.92. The Labute approximate surface area is 206 Å². The van der Waals surface area contributed by atoms with Crippen molar-refractivity contribution in [3.8, 4) is 28.6 Å². The van der Waals surface area contributed by atoms with Crippen molar-refractivity contribution >= 4 is 6.08 Å². The highest BCUT2D eigenvalue weighted by Crippen LogP contribution is 2.34. The van der Waals surface area contributed by atoms with Crippen LogP contribution < -0.4 is 14.2 Å². The van der Waals surface area contributed by atoms with Crippen LogP contribution in [-0.2, 0) is 18.0 Å². The summed E-state index contributed by atoms with van der Waals surface area (Å²) >= 11 is 0. The van der Waals surface area contributed by atoms with Crippen molar-refractivity contribution < 1.29 is 18.9 Å². The maximum atomic E-state index is 6.19. The summed E-state index contributed by atoms with van der Waals surface area (Å²) in [6, 6.07) is 29.8. The molecule has 0 fully saturated rings. The Hall–Kier alpha value is -4.09.